The first-order chi connectivity index (χ1) is 5.24. The minimum absolute atomic E-state index is 0.875. The summed E-state index contributed by atoms with van der Waals surface area (Å²) in [5.41, 5.74) is 0.875. The monoisotopic (exact) mass is 325 g/mol. The lowest BCUT2D eigenvalue weighted by Gasteiger charge is -1.95. The summed E-state index contributed by atoms with van der Waals surface area (Å²) in [7, 11) is 0. The number of hydrogen-bond donors (Lipinski definition) is 1. The van der Waals surface area contributed by atoms with Crippen molar-refractivity contribution in [2.24, 2.45) is 5.16 Å². The van der Waals surface area contributed by atoms with Crippen LogP contribution in [0.25, 0.3) is 0 Å². The predicted octanol–water partition coefficient (Wildman–Crippen LogP) is 2.86. The van der Waals surface area contributed by atoms with Gasteiger partial charge in [0.05, 0.1) is 6.21 Å². The van der Waals surface area contributed by atoms with Gasteiger partial charge < -0.3 is 5.21 Å². The molecule has 0 aromatic heterocycles. The van der Waals surface area contributed by atoms with Gasteiger partial charge in [-0.1, -0.05) is 11.2 Å². The van der Waals surface area contributed by atoms with Crippen molar-refractivity contribution in [1.29, 1.82) is 0 Å². The molecule has 0 spiro atoms. The number of nitrogens with zero attached hydrogens (tertiary/aromatic N) is 1. The van der Waals surface area contributed by atoms with Gasteiger partial charge in [-0.2, -0.15) is 0 Å². The Morgan fingerprint density at radius 2 is 2.27 bits per heavy atom. The first kappa shape index (κ1) is 8.99. The van der Waals surface area contributed by atoms with E-state index in [1.165, 1.54) is 6.21 Å². The molecule has 0 heterocycles. The van der Waals surface area contributed by atoms with E-state index in [2.05, 4.69) is 43.7 Å². The van der Waals surface area contributed by atoms with Crippen molar-refractivity contribution in [2.45, 2.75) is 0 Å². The molecule has 0 aliphatic rings. The Labute approximate surface area is 86.6 Å². The van der Waals surface area contributed by atoms with Gasteiger partial charge in [-0.3, -0.25) is 0 Å². The van der Waals surface area contributed by atoms with Crippen molar-refractivity contribution in [3.63, 3.8) is 0 Å². The topological polar surface area (TPSA) is 32.6 Å². The molecule has 0 amide bonds. The molecule has 1 aromatic carbocycles. The lowest BCUT2D eigenvalue weighted by Crippen LogP contribution is -1.82. The number of rotatable bonds is 1. The van der Waals surface area contributed by atoms with Gasteiger partial charge in [-0.15, -0.1) is 0 Å². The molecule has 0 atom stereocenters. The zero-order valence-electron chi connectivity index (χ0n) is 5.46. The van der Waals surface area contributed by atoms with Crippen LogP contribution >= 0.6 is 38.5 Å². The zero-order chi connectivity index (χ0) is 8.27. The summed E-state index contributed by atoms with van der Waals surface area (Å²) in [6.45, 7) is 0. The van der Waals surface area contributed by atoms with Crippen molar-refractivity contribution in [2.75, 3.05) is 0 Å². The fraction of sp³-hybridized carbons (Fsp3) is 0. The van der Waals surface area contributed by atoms with Gasteiger partial charge in [0.2, 0.25) is 0 Å². The molecule has 0 saturated heterocycles. The van der Waals surface area contributed by atoms with Crippen molar-refractivity contribution in [1.82, 2.24) is 0 Å². The first-order valence-electron chi connectivity index (χ1n) is 2.86. The maximum Gasteiger partial charge on any atom is 0.0734 e. The highest BCUT2D eigenvalue weighted by Crippen LogP contribution is 2.19. The summed E-state index contributed by atoms with van der Waals surface area (Å²) in [6, 6.07) is 5.72. The summed E-state index contributed by atoms with van der Waals surface area (Å²) in [4.78, 5) is 0. The van der Waals surface area contributed by atoms with Crippen LogP contribution in [-0.2, 0) is 0 Å². The quantitative estimate of drug-likeness (QED) is 0.366. The second kappa shape index (κ2) is 4.06. The SMILES string of the molecule is O/N=C/c1ccc(I)c(Br)c1. The van der Waals surface area contributed by atoms with Crippen LogP contribution in [0.3, 0.4) is 0 Å². The van der Waals surface area contributed by atoms with Crippen molar-refractivity contribution < 1.29 is 5.21 Å². The molecule has 58 valence electrons. The second-order valence-corrected chi connectivity index (χ2v) is 3.93. The van der Waals surface area contributed by atoms with Gasteiger partial charge in [-0.25, -0.2) is 0 Å². The molecular formula is C7H5BrINO. The van der Waals surface area contributed by atoms with Crippen LogP contribution in [0.5, 0.6) is 0 Å². The molecule has 1 rings (SSSR count). The van der Waals surface area contributed by atoms with Crippen LogP contribution in [0.1, 0.15) is 5.56 Å². The van der Waals surface area contributed by atoms with E-state index in [1.807, 2.05) is 18.2 Å². The summed E-state index contributed by atoms with van der Waals surface area (Å²) in [5.74, 6) is 0. The molecule has 0 aliphatic heterocycles. The molecule has 0 unspecified atom stereocenters. The summed E-state index contributed by atoms with van der Waals surface area (Å²) >= 11 is 5.58. The Balaban J connectivity index is 3.05. The van der Waals surface area contributed by atoms with Gasteiger partial charge in [0.1, 0.15) is 0 Å². The van der Waals surface area contributed by atoms with E-state index in [-0.39, 0.29) is 0 Å². The molecule has 0 saturated carbocycles. The highest BCUT2D eigenvalue weighted by molar-refractivity contribution is 14.1. The third-order valence-electron chi connectivity index (χ3n) is 1.15. The zero-order valence-corrected chi connectivity index (χ0v) is 9.20. The largest absolute Gasteiger partial charge is 0.411 e. The minimum atomic E-state index is 0.875. The van der Waals surface area contributed by atoms with Gasteiger partial charge in [0, 0.05) is 8.04 Å². The number of benzene rings is 1. The Morgan fingerprint density at radius 1 is 1.55 bits per heavy atom. The van der Waals surface area contributed by atoms with Gasteiger partial charge in [0.15, 0.2) is 0 Å². The molecule has 1 N–H and O–H groups in total. The third kappa shape index (κ3) is 2.44. The average Bonchev–Trinajstić information content (AvgIpc) is 1.98. The van der Waals surface area contributed by atoms with Crippen LogP contribution in [-0.4, -0.2) is 11.4 Å². The number of halogens is 2. The average molecular weight is 326 g/mol. The Morgan fingerprint density at radius 3 is 2.82 bits per heavy atom. The van der Waals surface area contributed by atoms with E-state index < -0.39 is 0 Å². The highest BCUT2D eigenvalue weighted by atomic mass is 127. The molecule has 0 fully saturated rings. The fourth-order valence-electron chi connectivity index (χ4n) is 0.659. The van der Waals surface area contributed by atoms with Crippen LogP contribution in [0.4, 0.5) is 0 Å². The Hall–Kier alpha value is -0.100. The van der Waals surface area contributed by atoms with Crippen molar-refractivity contribution in [3.05, 3.63) is 31.8 Å². The van der Waals surface area contributed by atoms with E-state index in [1.54, 1.807) is 0 Å². The van der Waals surface area contributed by atoms with Crippen LogP contribution in [0, 0.1) is 3.57 Å². The molecule has 0 aliphatic carbocycles. The van der Waals surface area contributed by atoms with Crippen molar-refractivity contribution in [3.8, 4) is 0 Å². The van der Waals surface area contributed by atoms with Crippen molar-refractivity contribution >= 4 is 44.7 Å². The Bertz CT molecular complexity index is 288. The van der Waals surface area contributed by atoms with E-state index in [9.17, 15) is 0 Å². The molecule has 4 heteroatoms. The normalized spacial score (nSPS) is 10.7. The van der Waals surface area contributed by atoms with E-state index >= 15 is 0 Å². The molecule has 11 heavy (non-hydrogen) atoms. The van der Waals surface area contributed by atoms with E-state index in [0.717, 1.165) is 13.6 Å². The standard InChI is InChI=1S/C7H5BrINO/c8-6-3-5(4-10-11)1-2-7(6)9/h1-4,11H/b10-4+. The highest BCUT2D eigenvalue weighted by Gasteiger charge is 1.95. The first-order valence-corrected chi connectivity index (χ1v) is 4.73. The molecular weight excluding hydrogens is 321 g/mol. The summed E-state index contributed by atoms with van der Waals surface area (Å²) in [6.07, 6.45) is 1.39. The van der Waals surface area contributed by atoms with Gasteiger partial charge >= 0.3 is 0 Å². The van der Waals surface area contributed by atoms with Gasteiger partial charge in [0.25, 0.3) is 0 Å². The summed E-state index contributed by atoms with van der Waals surface area (Å²) < 4.78 is 2.15. The van der Waals surface area contributed by atoms with Crippen LogP contribution < -0.4 is 0 Å². The number of hydrogen-bond acceptors (Lipinski definition) is 2. The lowest BCUT2D eigenvalue weighted by molar-refractivity contribution is 0.322. The maximum absolute atomic E-state index is 8.23. The van der Waals surface area contributed by atoms with Crippen LogP contribution in [0.2, 0.25) is 0 Å². The fourth-order valence-corrected chi connectivity index (χ4v) is 1.39. The molecule has 0 bridgehead atoms. The Kier molecular flexibility index (Phi) is 3.32. The molecule has 0 radical (unpaired) electrons. The molecule has 2 nitrogen and oxygen atoms in total. The maximum atomic E-state index is 8.23. The summed E-state index contributed by atoms with van der Waals surface area (Å²) in [5, 5.41) is 11.2. The lowest BCUT2D eigenvalue weighted by atomic mass is 10.2. The van der Waals surface area contributed by atoms with Gasteiger partial charge in [-0.05, 0) is 56.2 Å². The smallest absolute Gasteiger partial charge is 0.0734 e. The predicted molar refractivity (Wildman–Crippen MR) is 56.2 cm³/mol. The third-order valence-corrected chi connectivity index (χ3v) is 3.49. The minimum Gasteiger partial charge on any atom is -0.411 e. The van der Waals surface area contributed by atoms with E-state index in [0.29, 0.717) is 0 Å². The molecule has 1 aromatic rings. The van der Waals surface area contributed by atoms with Crippen LogP contribution in [0.15, 0.2) is 27.8 Å². The number of oxime groups is 1. The van der Waals surface area contributed by atoms with E-state index in [4.69, 9.17) is 5.21 Å². The second-order valence-electron chi connectivity index (χ2n) is 1.92.